The Morgan fingerprint density at radius 1 is 0.424 bits per heavy atom. The minimum absolute atomic E-state index is 0.163. The molecule has 2 aliphatic carbocycles. The zero-order chi connectivity index (χ0) is 45.2. The number of hydrogen-bond donors (Lipinski definition) is 0. The van der Waals surface area contributed by atoms with E-state index in [2.05, 4.69) is 228 Å². The number of allylic oxidation sites excluding steroid dienone is 2. The van der Waals surface area contributed by atoms with Gasteiger partial charge in [-0.1, -0.05) is 0 Å². The van der Waals surface area contributed by atoms with Crippen molar-refractivity contribution in [1.29, 1.82) is 0 Å². The Morgan fingerprint density at radius 2 is 0.833 bits per heavy atom. The van der Waals surface area contributed by atoms with Crippen molar-refractivity contribution in [2.45, 2.75) is 47.8 Å². The van der Waals surface area contributed by atoms with E-state index in [0.29, 0.717) is 11.8 Å². The third-order valence-corrected chi connectivity index (χ3v) is 37.4. The summed E-state index contributed by atoms with van der Waals surface area (Å²) in [6, 6.07) is 69.6. The fourth-order valence-corrected chi connectivity index (χ4v) is 40.1. The zero-order valence-corrected chi connectivity index (χ0v) is 43.6. The summed E-state index contributed by atoms with van der Waals surface area (Å²) in [6.07, 6.45) is 6.93. The average Bonchev–Trinajstić information content (AvgIpc) is 4.03. The molecule has 0 radical (unpaired) electrons. The molecule has 0 aromatic heterocycles. The van der Waals surface area contributed by atoms with Gasteiger partial charge in [-0.3, -0.25) is 0 Å². The third kappa shape index (κ3) is 7.18. The topological polar surface area (TPSA) is 0 Å². The van der Waals surface area contributed by atoms with E-state index in [1.807, 2.05) is 0 Å². The van der Waals surface area contributed by atoms with Crippen molar-refractivity contribution < 1.29 is 16.4 Å². The number of rotatable bonds is 11. The van der Waals surface area contributed by atoms with Crippen molar-refractivity contribution in [2.75, 3.05) is 0 Å². The number of hydrogen-bond acceptors (Lipinski definition) is 0. The standard InChI is InChI=1S/2C25H23.C12H9Si.2ClH.Zr/c2*1-18(2)15-19-16-22-13-14-23(20-9-5-3-6-10-20)25(24(22)17-19)21-11-7-4-8-12-21;1-3-7-11-9(5-1)10-6-2-4-8-12(10)13-11;;;/h2*3-14,16-18H,15H2,1-2H3;1-7H,13H2;2*1H;/q;;;;;+2/p-2. The van der Waals surface area contributed by atoms with Crippen LogP contribution in [0.5, 0.6) is 0 Å². The van der Waals surface area contributed by atoms with Crippen molar-refractivity contribution in [3.05, 3.63) is 221 Å². The van der Waals surface area contributed by atoms with E-state index in [4.69, 9.17) is 0 Å². The normalized spacial score (nSPS) is 16.9. The molecule has 2 atom stereocenters. The molecule has 0 spiro atoms. The van der Waals surface area contributed by atoms with Gasteiger partial charge in [0.2, 0.25) is 0 Å². The fraction of sp³-hybridized carbons (Fsp3) is 0.161. The van der Waals surface area contributed by atoms with Crippen LogP contribution in [0.3, 0.4) is 0 Å². The SMILES string of the molecule is CC(C)CC1=Cc2c(ccc(-c3ccccc3)c2-c2ccccc2)[CH]1[Zr]([Cl])([Cl])([c]1cccc2c1[SiH2]c1ccccc1-2)[CH]1C(CC(C)C)=Cc2c1ccc(-c1ccccc1)c2-c1ccccc1. The molecular formula is C62H55Cl2SiZr. The molecule has 4 heteroatoms. The first-order chi connectivity index (χ1) is 32.1. The number of fused-ring (bicyclic) bond motifs is 5. The van der Waals surface area contributed by atoms with Gasteiger partial charge >= 0.3 is 405 Å². The van der Waals surface area contributed by atoms with Crippen molar-refractivity contribution in [3.63, 3.8) is 0 Å². The van der Waals surface area contributed by atoms with Gasteiger partial charge in [0.15, 0.2) is 0 Å². The second kappa shape index (κ2) is 17.2. The molecule has 0 N–H and O–H groups in total. The molecule has 1 aliphatic heterocycles. The Morgan fingerprint density at radius 3 is 1.29 bits per heavy atom. The maximum atomic E-state index is 9.60. The molecule has 0 bridgehead atoms. The second-order valence-corrected chi connectivity index (χ2v) is 42.2. The molecule has 11 rings (SSSR count). The number of halogens is 2. The summed E-state index contributed by atoms with van der Waals surface area (Å²) in [5.41, 5.74) is 20.4. The molecule has 0 nitrogen and oxygen atoms in total. The van der Waals surface area contributed by atoms with Gasteiger partial charge in [-0.15, -0.1) is 0 Å². The summed E-state index contributed by atoms with van der Waals surface area (Å²) in [7, 11) is 18.3. The summed E-state index contributed by atoms with van der Waals surface area (Å²) in [5.74, 6) is 0.794. The Kier molecular flexibility index (Phi) is 11.3. The monoisotopic (exact) mass is 987 g/mol. The van der Waals surface area contributed by atoms with Crippen LogP contribution in [0.15, 0.2) is 199 Å². The van der Waals surface area contributed by atoms with Gasteiger partial charge in [0.25, 0.3) is 0 Å². The van der Waals surface area contributed by atoms with Crippen molar-refractivity contribution in [1.82, 2.24) is 0 Å². The van der Waals surface area contributed by atoms with Crippen LogP contribution in [-0.2, 0) is 16.4 Å². The first-order valence-electron chi connectivity index (χ1n) is 23.8. The Hall–Kier alpha value is -5.08. The second-order valence-electron chi connectivity index (χ2n) is 19.8. The van der Waals surface area contributed by atoms with E-state index in [1.165, 1.54) is 103 Å². The Labute approximate surface area is 402 Å². The van der Waals surface area contributed by atoms with Gasteiger partial charge in [0.1, 0.15) is 0 Å². The van der Waals surface area contributed by atoms with Crippen LogP contribution >= 0.6 is 17.0 Å². The quantitative estimate of drug-likeness (QED) is 0.113. The van der Waals surface area contributed by atoms with Gasteiger partial charge in [0, 0.05) is 0 Å². The molecule has 0 amide bonds. The molecular weight excluding hydrogens is 935 g/mol. The van der Waals surface area contributed by atoms with Crippen LogP contribution in [0.4, 0.5) is 0 Å². The summed E-state index contributed by atoms with van der Waals surface area (Å²) in [5, 5.41) is 2.94. The molecule has 0 fully saturated rings. The zero-order valence-electron chi connectivity index (χ0n) is 38.2. The van der Waals surface area contributed by atoms with Gasteiger partial charge in [-0.2, -0.15) is 0 Å². The number of benzene rings is 8. The van der Waals surface area contributed by atoms with Gasteiger partial charge in [-0.05, 0) is 0 Å². The third-order valence-electron chi connectivity index (χ3n) is 14.6. The van der Waals surface area contributed by atoms with E-state index in [9.17, 15) is 17.0 Å². The summed E-state index contributed by atoms with van der Waals surface area (Å²) >= 11 is -5.84. The van der Waals surface area contributed by atoms with Crippen LogP contribution in [0.25, 0.3) is 67.8 Å². The van der Waals surface area contributed by atoms with Crippen LogP contribution in [-0.4, -0.2) is 9.52 Å². The molecule has 8 aromatic rings. The molecule has 0 saturated heterocycles. The van der Waals surface area contributed by atoms with Gasteiger partial charge < -0.3 is 0 Å². The predicted molar refractivity (Wildman–Crippen MR) is 286 cm³/mol. The predicted octanol–water partition coefficient (Wildman–Crippen LogP) is 15.4. The molecule has 8 aromatic carbocycles. The molecule has 1 heterocycles. The van der Waals surface area contributed by atoms with Crippen LogP contribution in [0.1, 0.15) is 70.0 Å². The maximum absolute atomic E-state index is 9.60. The van der Waals surface area contributed by atoms with E-state index in [1.54, 1.807) is 0 Å². The van der Waals surface area contributed by atoms with Crippen molar-refractivity contribution in [3.8, 4) is 55.6 Å². The van der Waals surface area contributed by atoms with Crippen LogP contribution in [0, 0.1) is 11.8 Å². The van der Waals surface area contributed by atoms with Crippen LogP contribution < -0.4 is 13.6 Å². The van der Waals surface area contributed by atoms with E-state index in [0.717, 1.165) is 12.8 Å². The fourth-order valence-electron chi connectivity index (χ4n) is 12.2. The van der Waals surface area contributed by atoms with Crippen LogP contribution in [0.2, 0.25) is 0 Å². The van der Waals surface area contributed by atoms with E-state index in [-0.39, 0.29) is 7.25 Å². The van der Waals surface area contributed by atoms with E-state index >= 15 is 0 Å². The molecule has 66 heavy (non-hydrogen) atoms. The van der Waals surface area contributed by atoms with Crippen molar-refractivity contribution in [2.24, 2.45) is 11.8 Å². The molecule has 0 saturated carbocycles. The average molecular weight is 990 g/mol. The van der Waals surface area contributed by atoms with Crippen molar-refractivity contribution >= 4 is 52.3 Å². The summed E-state index contributed by atoms with van der Waals surface area (Å²) in [4.78, 5) is 0. The Balaban J connectivity index is 1.26. The molecule has 3 aliphatic rings. The Bertz CT molecular complexity index is 3040. The molecule has 2 unspecified atom stereocenters. The first-order valence-corrected chi connectivity index (χ1v) is 35.7. The minimum atomic E-state index is -5.84. The van der Waals surface area contributed by atoms with Gasteiger partial charge in [-0.25, -0.2) is 0 Å². The summed E-state index contributed by atoms with van der Waals surface area (Å²) in [6.45, 7) is 9.43. The van der Waals surface area contributed by atoms with Gasteiger partial charge in [0.05, 0.1) is 0 Å². The molecule has 325 valence electrons. The first kappa shape index (κ1) is 43.5. The summed E-state index contributed by atoms with van der Waals surface area (Å²) < 4.78 is 0.954. The van der Waals surface area contributed by atoms with E-state index < -0.39 is 25.9 Å².